The van der Waals surface area contributed by atoms with Crippen LogP contribution in [0.5, 0.6) is 0 Å². The first kappa shape index (κ1) is 16.2. The Labute approximate surface area is 124 Å². The van der Waals surface area contributed by atoms with Crippen molar-refractivity contribution in [3.63, 3.8) is 0 Å². The Kier molecular flexibility index (Phi) is 6.22. The predicted octanol–water partition coefficient (Wildman–Crippen LogP) is 3.12. The summed E-state index contributed by atoms with van der Waals surface area (Å²) in [7, 11) is 0. The van der Waals surface area contributed by atoms with E-state index >= 15 is 0 Å². The van der Waals surface area contributed by atoms with Gasteiger partial charge in [0.1, 0.15) is 0 Å². The molecule has 0 unspecified atom stereocenters. The lowest BCUT2D eigenvalue weighted by atomic mass is 10.00. The van der Waals surface area contributed by atoms with Crippen LogP contribution in [-0.4, -0.2) is 17.1 Å². The quantitative estimate of drug-likeness (QED) is 0.889. The Balaban J connectivity index is 0.00000200. The van der Waals surface area contributed by atoms with Gasteiger partial charge in [0.15, 0.2) is 0 Å². The number of hydrogen-bond donors (Lipinski definition) is 2. The Bertz CT molecular complexity index is 540. The fourth-order valence-electron chi connectivity index (χ4n) is 2.06. The lowest BCUT2D eigenvalue weighted by Gasteiger charge is -2.09. The van der Waals surface area contributed by atoms with E-state index in [0.717, 1.165) is 11.1 Å². The van der Waals surface area contributed by atoms with E-state index in [4.69, 9.17) is 10.8 Å². The zero-order valence-corrected chi connectivity index (χ0v) is 11.8. The van der Waals surface area contributed by atoms with Gasteiger partial charge >= 0.3 is 5.97 Å². The van der Waals surface area contributed by atoms with E-state index in [2.05, 4.69) is 12.1 Å². The van der Waals surface area contributed by atoms with E-state index < -0.39 is 5.97 Å². The zero-order chi connectivity index (χ0) is 13.7. The molecule has 0 radical (unpaired) electrons. The van der Waals surface area contributed by atoms with Gasteiger partial charge in [0, 0.05) is 6.04 Å². The first-order chi connectivity index (χ1) is 9.15. The van der Waals surface area contributed by atoms with Crippen LogP contribution >= 0.6 is 12.4 Å². The van der Waals surface area contributed by atoms with Crippen molar-refractivity contribution in [3.8, 4) is 11.1 Å². The molecule has 3 nitrogen and oxygen atoms in total. The summed E-state index contributed by atoms with van der Waals surface area (Å²) in [4.78, 5) is 10.6. The first-order valence-corrected chi connectivity index (χ1v) is 6.27. The third kappa shape index (κ3) is 4.68. The molecule has 2 aromatic carbocycles. The van der Waals surface area contributed by atoms with Crippen LogP contribution in [0.1, 0.15) is 12.0 Å². The van der Waals surface area contributed by atoms with E-state index in [1.165, 1.54) is 5.56 Å². The number of aliphatic carboxylic acids is 1. The van der Waals surface area contributed by atoms with Crippen molar-refractivity contribution < 1.29 is 9.90 Å². The molecule has 4 heteroatoms. The fourth-order valence-corrected chi connectivity index (χ4v) is 2.06. The first-order valence-electron chi connectivity index (χ1n) is 6.27. The minimum atomic E-state index is -0.853. The maximum atomic E-state index is 10.6. The maximum Gasteiger partial charge on any atom is 0.304 e. The number of carboxylic acid groups (broad SMARTS) is 1. The maximum absolute atomic E-state index is 10.6. The van der Waals surface area contributed by atoms with Gasteiger partial charge in [-0.2, -0.15) is 0 Å². The van der Waals surface area contributed by atoms with Gasteiger partial charge in [-0.1, -0.05) is 54.6 Å². The van der Waals surface area contributed by atoms with Crippen molar-refractivity contribution in [2.45, 2.75) is 18.9 Å². The highest BCUT2D eigenvalue weighted by molar-refractivity contribution is 5.85. The lowest BCUT2D eigenvalue weighted by molar-refractivity contribution is -0.137. The van der Waals surface area contributed by atoms with Crippen molar-refractivity contribution in [1.29, 1.82) is 0 Å². The van der Waals surface area contributed by atoms with Crippen LogP contribution < -0.4 is 5.73 Å². The largest absolute Gasteiger partial charge is 0.481 e. The topological polar surface area (TPSA) is 63.3 Å². The summed E-state index contributed by atoms with van der Waals surface area (Å²) >= 11 is 0. The smallest absolute Gasteiger partial charge is 0.304 e. The second-order valence-corrected chi connectivity index (χ2v) is 4.63. The van der Waals surface area contributed by atoms with Crippen molar-refractivity contribution in [3.05, 3.63) is 60.2 Å². The molecule has 0 bridgehead atoms. The highest BCUT2D eigenvalue weighted by Gasteiger charge is 2.08. The number of halogens is 1. The number of rotatable bonds is 5. The Morgan fingerprint density at radius 2 is 1.55 bits per heavy atom. The molecule has 0 aromatic heterocycles. The van der Waals surface area contributed by atoms with Crippen LogP contribution in [-0.2, 0) is 11.2 Å². The van der Waals surface area contributed by atoms with Crippen molar-refractivity contribution in [2.75, 3.05) is 0 Å². The molecule has 0 aliphatic rings. The van der Waals surface area contributed by atoms with Gasteiger partial charge in [-0.15, -0.1) is 12.4 Å². The molecular weight excluding hydrogens is 274 g/mol. The zero-order valence-electron chi connectivity index (χ0n) is 11.0. The average molecular weight is 292 g/mol. The fraction of sp³-hybridized carbons (Fsp3) is 0.188. The Morgan fingerprint density at radius 1 is 1.00 bits per heavy atom. The van der Waals surface area contributed by atoms with Gasteiger partial charge in [0.2, 0.25) is 0 Å². The monoisotopic (exact) mass is 291 g/mol. The molecule has 0 fully saturated rings. The summed E-state index contributed by atoms with van der Waals surface area (Å²) in [6.07, 6.45) is 0.585. The molecule has 20 heavy (non-hydrogen) atoms. The van der Waals surface area contributed by atoms with Crippen LogP contribution in [0, 0.1) is 0 Å². The second-order valence-electron chi connectivity index (χ2n) is 4.63. The molecule has 2 aromatic rings. The third-order valence-corrected chi connectivity index (χ3v) is 3.00. The summed E-state index contributed by atoms with van der Waals surface area (Å²) in [6.45, 7) is 0. The number of benzene rings is 2. The van der Waals surface area contributed by atoms with Gasteiger partial charge in [-0.25, -0.2) is 0 Å². The molecule has 1 atom stereocenters. The molecule has 0 saturated carbocycles. The highest BCUT2D eigenvalue weighted by Crippen LogP contribution is 2.19. The van der Waals surface area contributed by atoms with Crippen molar-refractivity contribution >= 4 is 18.4 Å². The molecule has 0 aliphatic heterocycles. The van der Waals surface area contributed by atoms with Crippen molar-refractivity contribution in [2.24, 2.45) is 5.73 Å². The van der Waals surface area contributed by atoms with E-state index in [0.29, 0.717) is 6.42 Å². The summed E-state index contributed by atoms with van der Waals surface area (Å²) in [5.74, 6) is -0.853. The van der Waals surface area contributed by atoms with Gasteiger partial charge in [-0.3, -0.25) is 4.79 Å². The molecule has 3 N–H and O–H groups in total. The Morgan fingerprint density at radius 3 is 2.10 bits per heavy atom. The summed E-state index contributed by atoms with van der Waals surface area (Å²) in [5.41, 5.74) is 9.16. The average Bonchev–Trinajstić information content (AvgIpc) is 2.39. The molecule has 0 spiro atoms. The van der Waals surface area contributed by atoms with E-state index in [9.17, 15) is 4.79 Å². The molecular formula is C16H18ClNO2. The predicted molar refractivity (Wildman–Crippen MR) is 83.1 cm³/mol. The minimum absolute atomic E-state index is 0. The van der Waals surface area contributed by atoms with E-state index in [-0.39, 0.29) is 24.9 Å². The number of nitrogens with two attached hydrogens (primary N) is 1. The summed E-state index contributed by atoms with van der Waals surface area (Å²) < 4.78 is 0. The minimum Gasteiger partial charge on any atom is -0.481 e. The third-order valence-electron chi connectivity index (χ3n) is 3.00. The summed E-state index contributed by atoms with van der Waals surface area (Å²) in [5, 5.41) is 8.67. The molecule has 2 rings (SSSR count). The number of hydrogen-bond acceptors (Lipinski definition) is 2. The molecule has 0 amide bonds. The van der Waals surface area contributed by atoms with Crippen LogP contribution in [0.3, 0.4) is 0 Å². The highest BCUT2D eigenvalue weighted by atomic mass is 35.5. The van der Waals surface area contributed by atoms with Gasteiger partial charge in [-0.05, 0) is 23.1 Å². The van der Waals surface area contributed by atoms with Crippen LogP contribution in [0.15, 0.2) is 54.6 Å². The molecule has 0 aliphatic carbocycles. The van der Waals surface area contributed by atoms with Crippen molar-refractivity contribution in [1.82, 2.24) is 0 Å². The van der Waals surface area contributed by atoms with Crippen LogP contribution in [0.2, 0.25) is 0 Å². The number of carbonyl (C=O) groups is 1. The Hall–Kier alpha value is -1.84. The van der Waals surface area contributed by atoms with Gasteiger partial charge in [0.25, 0.3) is 0 Å². The number of carboxylic acids is 1. The van der Waals surface area contributed by atoms with E-state index in [1.54, 1.807) is 0 Å². The molecule has 106 valence electrons. The molecule has 0 saturated heterocycles. The van der Waals surface area contributed by atoms with Gasteiger partial charge < -0.3 is 10.8 Å². The SMILES string of the molecule is Cl.N[C@@H](CC(=O)O)Cc1ccc(-c2ccccc2)cc1. The van der Waals surface area contributed by atoms with Crippen LogP contribution in [0.25, 0.3) is 11.1 Å². The van der Waals surface area contributed by atoms with Gasteiger partial charge in [0.05, 0.1) is 6.42 Å². The normalized spacial score (nSPS) is 11.4. The van der Waals surface area contributed by atoms with Crippen LogP contribution in [0.4, 0.5) is 0 Å². The molecule has 0 heterocycles. The standard InChI is InChI=1S/C16H17NO2.ClH/c17-15(11-16(18)19)10-12-6-8-14(9-7-12)13-4-2-1-3-5-13;/h1-9,15H,10-11,17H2,(H,18,19);1H/t15-;/m1./s1. The van der Waals surface area contributed by atoms with E-state index in [1.807, 2.05) is 42.5 Å². The summed E-state index contributed by atoms with van der Waals surface area (Å²) in [6, 6.07) is 17.9. The second kappa shape index (κ2) is 7.68. The lowest BCUT2D eigenvalue weighted by Crippen LogP contribution is -2.26.